The SMILES string of the molecule is CNc1cccc(S(=O)(=O)C(F)F)c1. The van der Waals surface area contributed by atoms with Gasteiger partial charge in [-0.15, -0.1) is 0 Å². The van der Waals surface area contributed by atoms with E-state index in [4.69, 9.17) is 0 Å². The van der Waals surface area contributed by atoms with Crippen LogP contribution in [-0.2, 0) is 9.84 Å². The van der Waals surface area contributed by atoms with Crippen LogP contribution in [0.3, 0.4) is 0 Å². The summed E-state index contributed by atoms with van der Waals surface area (Å²) in [6, 6.07) is 5.30. The quantitative estimate of drug-likeness (QED) is 0.845. The Bertz CT molecular complexity index is 417. The van der Waals surface area contributed by atoms with Crippen LogP contribution in [0.25, 0.3) is 0 Å². The Kier molecular flexibility index (Phi) is 3.05. The Morgan fingerprint density at radius 1 is 1.36 bits per heavy atom. The summed E-state index contributed by atoms with van der Waals surface area (Å²) in [6.45, 7) is 0. The van der Waals surface area contributed by atoms with Gasteiger partial charge in [0, 0.05) is 12.7 Å². The molecule has 0 saturated carbocycles. The zero-order chi connectivity index (χ0) is 10.8. The number of halogens is 2. The van der Waals surface area contributed by atoms with Gasteiger partial charge in [-0.25, -0.2) is 8.42 Å². The Hall–Kier alpha value is -1.17. The lowest BCUT2D eigenvalue weighted by molar-refractivity contribution is 0.235. The first-order valence-electron chi connectivity index (χ1n) is 3.78. The van der Waals surface area contributed by atoms with Crippen molar-refractivity contribution in [1.29, 1.82) is 0 Å². The molecule has 1 aromatic carbocycles. The van der Waals surface area contributed by atoms with Crippen LogP contribution in [0.15, 0.2) is 29.2 Å². The van der Waals surface area contributed by atoms with Gasteiger partial charge in [-0.2, -0.15) is 8.78 Å². The number of hydrogen-bond donors (Lipinski definition) is 1. The maximum atomic E-state index is 12.1. The molecule has 0 aliphatic heterocycles. The standard InChI is InChI=1S/C8H9F2NO2S/c1-11-6-3-2-4-7(5-6)14(12,13)8(9)10/h2-5,8,11H,1H3. The fourth-order valence-electron chi connectivity index (χ4n) is 0.931. The van der Waals surface area contributed by atoms with Crippen molar-refractivity contribution in [3.8, 4) is 0 Å². The highest BCUT2D eigenvalue weighted by molar-refractivity contribution is 7.91. The molecule has 0 bridgehead atoms. The minimum Gasteiger partial charge on any atom is -0.388 e. The van der Waals surface area contributed by atoms with Crippen molar-refractivity contribution in [2.24, 2.45) is 0 Å². The monoisotopic (exact) mass is 221 g/mol. The van der Waals surface area contributed by atoms with Crippen molar-refractivity contribution >= 4 is 15.5 Å². The molecule has 0 saturated heterocycles. The number of sulfone groups is 1. The van der Waals surface area contributed by atoms with Crippen LogP contribution in [0, 0.1) is 0 Å². The summed E-state index contributed by atoms with van der Waals surface area (Å²) in [5, 5.41) is 2.67. The highest BCUT2D eigenvalue weighted by atomic mass is 32.2. The van der Waals surface area contributed by atoms with Gasteiger partial charge in [0.25, 0.3) is 0 Å². The zero-order valence-corrected chi connectivity index (χ0v) is 8.18. The Morgan fingerprint density at radius 2 is 2.00 bits per heavy atom. The summed E-state index contributed by atoms with van der Waals surface area (Å²) in [5.74, 6) is -3.38. The summed E-state index contributed by atoms with van der Waals surface area (Å²) < 4.78 is 46.3. The molecule has 1 aromatic rings. The van der Waals surface area contributed by atoms with E-state index in [-0.39, 0.29) is 4.90 Å². The third-order valence-electron chi connectivity index (χ3n) is 1.69. The van der Waals surface area contributed by atoms with Gasteiger partial charge in [0.2, 0.25) is 9.84 Å². The van der Waals surface area contributed by atoms with Gasteiger partial charge in [0.1, 0.15) is 0 Å². The number of nitrogens with one attached hydrogen (secondary N) is 1. The first-order chi connectivity index (χ1) is 6.48. The van der Waals surface area contributed by atoms with Crippen LogP contribution >= 0.6 is 0 Å². The zero-order valence-electron chi connectivity index (χ0n) is 7.37. The lowest BCUT2D eigenvalue weighted by Gasteiger charge is -2.05. The molecule has 0 aliphatic rings. The molecule has 1 rings (SSSR count). The fraction of sp³-hybridized carbons (Fsp3) is 0.250. The Balaban J connectivity index is 3.20. The van der Waals surface area contributed by atoms with Crippen molar-refractivity contribution in [3.05, 3.63) is 24.3 Å². The number of benzene rings is 1. The molecule has 0 heterocycles. The van der Waals surface area contributed by atoms with E-state index in [0.717, 1.165) is 6.07 Å². The molecule has 1 N–H and O–H groups in total. The highest BCUT2D eigenvalue weighted by Crippen LogP contribution is 2.20. The second-order valence-corrected chi connectivity index (χ2v) is 4.50. The van der Waals surface area contributed by atoms with E-state index in [1.54, 1.807) is 13.1 Å². The summed E-state index contributed by atoms with van der Waals surface area (Å²) in [7, 11) is -2.91. The summed E-state index contributed by atoms with van der Waals surface area (Å²) in [4.78, 5) is -0.376. The molecular formula is C8H9F2NO2S. The number of anilines is 1. The molecule has 0 spiro atoms. The molecule has 0 fully saturated rings. The van der Waals surface area contributed by atoms with E-state index in [1.807, 2.05) is 0 Å². The van der Waals surface area contributed by atoms with Crippen LogP contribution in [-0.4, -0.2) is 21.2 Å². The van der Waals surface area contributed by atoms with Gasteiger partial charge in [-0.1, -0.05) is 6.07 Å². The van der Waals surface area contributed by atoms with Crippen LogP contribution in [0.4, 0.5) is 14.5 Å². The average molecular weight is 221 g/mol. The molecule has 0 atom stereocenters. The van der Waals surface area contributed by atoms with Crippen molar-refractivity contribution in [2.75, 3.05) is 12.4 Å². The smallest absolute Gasteiger partial charge is 0.341 e. The average Bonchev–Trinajstić information content (AvgIpc) is 2.17. The summed E-state index contributed by atoms with van der Waals surface area (Å²) in [5.41, 5.74) is 0.478. The van der Waals surface area contributed by atoms with Crippen LogP contribution < -0.4 is 5.32 Å². The molecule has 14 heavy (non-hydrogen) atoms. The van der Waals surface area contributed by atoms with Crippen molar-refractivity contribution in [2.45, 2.75) is 10.7 Å². The predicted octanol–water partition coefficient (Wildman–Crippen LogP) is 1.72. The van der Waals surface area contributed by atoms with Crippen LogP contribution in [0.5, 0.6) is 0 Å². The molecular weight excluding hydrogens is 212 g/mol. The summed E-state index contributed by atoms with van der Waals surface area (Å²) in [6.07, 6.45) is 0. The first kappa shape index (κ1) is 10.9. The molecule has 3 nitrogen and oxygen atoms in total. The third-order valence-corrected chi connectivity index (χ3v) is 3.07. The van der Waals surface area contributed by atoms with E-state index in [0.29, 0.717) is 5.69 Å². The van der Waals surface area contributed by atoms with Gasteiger partial charge in [0.05, 0.1) is 4.90 Å². The van der Waals surface area contributed by atoms with E-state index in [1.165, 1.54) is 12.1 Å². The Morgan fingerprint density at radius 3 is 2.50 bits per heavy atom. The van der Waals surface area contributed by atoms with Gasteiger partial charge in [-0.05, 0) is 18.2 Å². The largest absolute Gasteiger partial charge is 0.388 e. The molecule has 0 aromatic heterocycles. The number of hydrogen-bond acceptors (Lipinski definition) is 3. The second kappa shape index (κ2) is 3.91. The first-order valence-corrected chi connectivity index (χ1v) is 5.33. The van der Waals surface area contributed by atoms with E-state index < -0.39 is 15.6 Å². The normalized spacial score (nSPS) is 11.7. The topological polar surface area (TPSA) is 46.2 Å². The summed E-state index contributed by atoms with van der Waals surface area (Å²) >= 11 is 0. The molecule has 0 aliphatic carbocycles. The predicted molar refractivity (Wildman–Crippen MR) is 49.2 cm³/mol. The van der Waals surface area contributed by atoms with Crippen molar-refractivity contribution in [1.82, 2.24) is 0 Å². The van der Waals surface area contributed by atoms with E-state index in [2.05, 4.69) is 5.32 Å². The van der Waals surface area contributed by atoms with Gasteiger partial charge < -0.3 is 5.32 Å². The minimum atomic E-state index is -4.48. The lowest BCUT2D eigenvalue weighted by Crippen LogP contribution is -2.11. The second-order valence-electron chi connectivity index (χ2n) is 2.58. The maximum absolute atomic E-state index is 12.1. The van der Waals surface area contributed by atoms with E-state index in [9.17, 15) is 17.2 Å². The number of alkyl halides is 2. The molecule has 0 amide bonds. The van der Waals surface area contributed by atoms with Gasteiger partial charge >= 0.3 is 5.76 Å². The van der Waals surface area contributed by atoms with Gasteiger partial charge in [0.15, 0.2) is 0 Å². The van der Waals surface area contributed by atoms with Crippen molar-refractivity contribution in [3.63, 3.8) is 0 Å². The molecule has 0 unspecified atom stereocenters. The maximum Gasteiger partial charge on any atom is 0.341 e. The van der Waals surface area contributed by atoms with E-state index >= 15 is 0 Å². The molecule has 78 valence electrons. The van der Waals surface area contributed by atoms with Crippen molar-refractivity contribution < 1.29 is 17.2 Å². The number of rotatable bonds is 3. The van der Waals surface area contributed by atoms with Crippen LogP contribution in [0.1, 0.15) is 0 Å². The lowest BCUT2D eigenvalue weighted by atomic mass is 10.3. The third kappa shape index (κ3) is 2.01. The van der Waals surface area contributed by atoms with Gasteiger partial charge in [-0.3, -0.25) is 0 Å². The minimum absolute atomic E-state index is 0.376. The molecule has 0 radical (unpaired) electrons. The highest BCUT2D eigenvalue weighted by Gasteiger charge is 2.26. The Labute approximate surface area is 80.7 Å². The van der Waals surface area contributed by atoms with Crippen LogP contribution in [0.2, 0.25) is 0 Å². The fourth-order valence-corrected chi connectivity index (χ4v) is 1.70. The molecule has 6 heteroatoms.